The van der Waals surface area contributed by atoms with Crippen LogP contribution >= 0.6 is 0 Å². The van der Waals surface area contributed by atoms with Crippen molar-refractivity contribution in [3.05, 3.63) is 102 Å². The van der Waals surface area contributed by atoms with Gasteiger partial charge in [-0.05, 0) is 36.8 Å². The molecule has 1 N–H and O–H groups in total. The number of phenolic OH excluding ortho intramolecular Hbond substituents is 1. The molecule has 0 aliphatic carbocycles. The molecule has 3 rings (SSSR count). The van der Waals surface area contributed by atoms with Gasteiger partial charge in [-0.15, -0.1) is 5.10 Å². The summed E-state index contributed by atoms with van der Waals surface area (Å²) in [5.74, 6) is 0.240. The number of rotatable bonds is 4. The minimum atomic E-state index is 0.240. The minimum Gasteiger partial charge on any atom is -0.508 e. The molecule has 0 bridgehead atoms. The third-order valence-corrected chi connectivity index (χ3v) is 3.68. The molecular weight excluding hydrogens is 296 g/mol. The Balaban J connectivity index is 2.01. The first kappa shape index (κ1) is 15.7. The van der Waals surface area contributed by atoms with Crippen LogP contribution in [0.4, 0.5) is 0 Å². The Hall–Kier alpha value is -3.20. The monoisotopic (exact) mass is 314 g/mol. The van der Waals surface area contributed by atoms with Gasteiger partial charge in [0.2, 0.25) is 0 Å². The van der Waals surface area contributed by atoms with E-state index in [1.165, 1.54) is 0 Å². The van der Waals surface area contributed by atoms with E-state index in [-0.39, 0.29) is 5.75 Å². The smallest absolute Gasteiger partial charge is 0.115 e. The number of hydrogen-bond donors (Lipinski definition) is 1. The maximum absolute atomic E-state index is 9.39. The molecule has 0 saturated heterocycles. The summed E-state index contributed by atoms with van der Waals surface area (Å²) < 4.78 is 0. The largest absolute Gasteiger partial charge is 0.508 e. The molecule has 3 aromatic carbocycles. The fraction of sp³-hybridized carbons (Fsp3) is 0.0476. The zero-order valence-corrected chi connectivity index (χ0v) is 13.4. The summed E-state index contributed by atoms with van der Waals surface area (Å²) in [5.41, 5.74) is 4.59. The van der Waals surface area contributed by atoms with Crippen LogP contribution in [0.3, 0.4) is 0 Å². The number of benzene rings is 3. The lowest BCUT2D eigenvalue weighted by molar-refractivity contribution is 0.475. The van der Waals surface area contributed by atoms with Crippen molar-refractivity contribution in [1.29, 1.82) is 0 Å². The molecule has 0 heterocycles. The Morgan fingerprint density at radius 1 is 0.625 bits per heavy atom. The molecule has 3 aromatic rings. The first-order valence-electron chi connectivity index (χ1n) is 7.76. The lowest BCUT2D eigenvalue weighted by Gasteiger charge is -2.06. The fourth-order valence-electron chi connectivity index (χ4n) is 2.36. The van der Waals surface area contributed by atoms with E-state index in [1.807, 2.05) is 79.7 Å². The molecule has 3 heteroatoms. The van der Waals surface area contributed by atoms with Crippen LogP contribution in [0.5, 0.6) is 5.75 Å². The highest BCUT2D eigenvalue weighted by Crippen LogP contribution is 2.13. The molecule has 118 valence electrons. The molecule has 0 atom stereocenters. The van der Waals surface area contributed by atoms with Crippen molar-refractivity contribution in [1.82, 2.24) is 0 Å². The van der Waals surface area contributed by atoms with Crippen molar-refractivity contribution in [2.75, 3.05) is 0 Å². The summed E-state index contributed by atoms with van der Waals surface area (Å²) in [6.07, 6.45) is 0. The predicted octanol–water partition coefficient (Wildman–Crippen LogP) is 4.65. The highest BCUT2D eigenvalue weighted by molar-refractivity contribution is 6.13. The third kappa shape index (κ3) is 3.76. The van der Waals surface area contributed by atoms with Gasteiger partial charge in [0, 0.05) is 11.1 Å². The molecule has 0 unspecified atom stereocenters. The highest BCUT2D eigenvalue weighted by Gasteiger charge is 2.06. The van der Waals surface area contributed by atoms with E-state index in [4.69, 9.17) is 0 Å². The second kappa shape index (κ2) is 7.38. The van der Waals surface area contributed by atoms with E-state index in [0.29, 0.717) is 0 Å². The molecule has 24 heavy (non-hydrogen) atoms. The van der Waals surface area contributed by atoms with Crippen LogP contribution in [0.25, 0.3) is 0 Å². The second-order valence-corrected chi connectivity index (χ2v) is 5.41. The Labute approximate surface area is 141 Å². The summed E-state index contributed by atoms with van der Waals surface area (Å²) in [5, 5.41) is 18.3. The topological polar surface area (TPSA) is 45.0 Å². The number of hydrogen-bond acceptors (Lipinski definition) is 3. The van der Waals surface area contributed by atoms with Crippen LogP contribution < -0.4 is 0 Å². The lowest BCUT2D eigenvalue weighted by Crippen LogP contribution is -2.03. The summed E-state index contributed by atoms with van der Waals surface area (Å²) in [7, 11) is 0. The normalized spacial score (nSPS) is 11.1. The van der Waals surface area contributed by atoms with Crippen molar-refractivity contribution < 1.29 is 5.11 Å². The molecule has 0 aromatic heterocycles. The fourth-order valence-corrected chi connectivity index (χ4v) is 2.36. The van der Waals surface area contributed by atoms with Gasteiger partial charge in [0.05, 0.1) is 5.71 Å². The van der Waals surface area contributed by atoms with Gasteiger partial charge in [-0.1, -0.05) is 60.7 Å². The Morgan fingerprint density at radius 3 is 1.62 bits per heavy atom. The molecular formula is C21H18N2O. The van der Waals surface area contributed by atoms with Crippen molar-refractivity contribution >= 4 is 11.4 Å². The van der Waals surface area contributed by atoms with Crippen molar-refractivity contribution in [2.24, 2.45) is 10.2 Å². The van der Waals surface area contributed by atoms with E-state index < -0.39 is 0 Å². The molecule has 0 amide bonds. The Kier molecular flexibility index (Phi) is 4.82. The van der Waals surface area contributed by atoms with Gasteiger partial charge in [0.25, 0.3) is 0 Å². The molecule has 0 fully saturated rings. The number of nitrogens with zero attached hydrogens (tertiary/aromatic N) is 2. The molecule has 0 radical (unpaired) electrons. The van der Waals surface area contributed by atoms with E-state index in [9.17, 15) is 5.11 Å². The van der Waals surface area contributed by atoms with Gasteiger partial charge in [0.1, 0.15) is 11.5 Å². The van der Waals surface area contributed by atoms with Crippen LogP contribution in [-0.4, -0.2) is 16.5 Å². The molecule has 0 aliphatic rings. The van der Waals surface area contributed by atoms with Gasteiger partial charge in [0.15, 0.2) is 0 Å². The standard InChI is InChI=1S/C21H18N2O/c1-16(17-12-14-20(24)15-13-17)22-23-21(18-8-4-2-5-9-18)19-10-6-3-7-11-19/h2-15,24H,1H3. The molecule has 0 spiro atoms. The average Bonchev–Trinajstić information content (AvgIpc) is 2.64. The van der Waals surface area contributed by atoms with Crippen LogP contribution in [0.2, 0.25) is 0 Å². The molecule has 0 saturated carbocycles. The Morgan fingerprint density at radius 2 is 1.12 bits per heavy atom. The average molecular weight is 314 g/mol. The zero-order chi connectivity index (χ0) is 16.8. The SMILES string of the molecule is CC(=NN=C(c1ccccc1)c1ccccc1)c1ccc(O)cc1. The van der Waals surface area contributed by atoms with Crippen molar-refractivity contribution in [3.63, 3.8) is 0 Å². The maximum atomic E-state index is 9.39. The first-order chi connectivity index (χ1) is 11.7. The van der Waals surface area contributed by atoms with Crippen LogP contribution in [0, 0.1) is 0 Å². The summed E-state index contributed by atoms with van der Waals surface area (Å²) in [4.78, 5) is 0. The number of aromatic hydroxyl groups is 1. The van der Waals surface area contributed by atoms with Crippen molar-refractivity contribution in [2.45, 2.75) is 6.92 Å². The van der Waals surface area contributed by atoms with E-state index in [2.05, 4.69) is 10.2 Å². The van der Waals surface area contributed by atoms with Gasteiger partial charge in [-0.2, -0.15) is 5.10 Å². The number of phenols is 1. The van der Waals surface area contributed by atoms with E-state index >= 15 is 0 Å². The maximum Gasteiger partial charge on any atom is 0.115 e. The molecule has 0 aliphatic heterocycles. The van der Waals surface area contributed by atoms with Crippen LogP contribution in [-0.2, 0) is 0 Å². The summed E-state index contributed by atoms with van der Waals surface area (Å²) in [6, 6.07) is 27.0. The van der Waals surface area contributed by atoms with E-state index in [1.54, 1.807) is 12.1 Å². The molecule has 3 nitrogen and oxygen atoms in total. The first-order valence-corrected chi connectivity index (χ1v) is 7.76. The van der Waals surface area contributed by atoms with Gasteiger partial charge in [-0.25, -0.2) is 0 Å². The second-order valence-electron chi connectivity index (χ2n) is 5.41. The van der Waals surface area contributed by atoms with E-state index in [0.717, 1.165) is 28.1 Å². The van der Waals surface area contributed by atoms with Crippen LogP contribution in [0.15, 0.2) is 95.1 Å². The van der Waals surface area contributed by atoms with Gasteiger partial charge < -0.3 is 5.11 Å². The van der Waals surface area contributed by atoms with Crippen LogP contribution in [0.1, 0.15) is 23.6 Å². The van der Waals surface area contributed by atoms with Crippen molar-refractivity contribution in [3.8, 4) is 5.75 Å². The van der Waals surface area contributed by atoms with Gasteiger partial charge >= 0.3 is 0 Å². The summed E-state index contributed by atoms with van der Waals surface area (Å²) >= 11 is 0. The zero-order valence-electron chi connectivity index (χ0n) is 13.4. The Bertz CT molecular complexity index is 810. The quantitative estimate of drug-likeness (QED) is 0.553. The predicted molar refractivity (Wildman–Crippen MR) is 98.8 cm³/mol. The highest BCUT2D eigenvalue weighted by atomic mass is 16.3. The summed E-state index contributed by atoms with van der Waals surface area (Å²) in [6.45, 7) is 1.91. The minimum absolute atomic E-state index is 0.240. The van der Waals surface area contributed by atoms with Gasteiger partial charge in [-0.3, -0.25) is 0 Å². The lowest BCUT2D eigenvalue weighted by atomic mass is 10.0. The third-order valence-electron chi connectivity index (χ3n) is 3.68.